The van der Waals surface area contributed by atoms with Crippen LogP contribution in [0.5, 0.6) is 0 Å². The van der Waals surface area contributed by atoms with E-state index in [2.05, 4.69) is 13.2 Å². The van der Waals surface area contributed by atoms with Crippen molar-refractivity contribution in [2.75, 3.05) is 31.1 Å². The molecule has 1 N–H and O–H groups in total. The number of aryl methyl sites for hydroxylation is 2. The van der Waals surface area contributed by atoms with Gasteiger partial charge in [-0.15, -0.1) is 13.2 Å². The number of fused-ring (bicyclic) bond motifs is 1. The van der Waals surface area contributed by atoms with Crippen LogP contribution in [0.1, 0.15) is 64.5 Å². The van der Waals surface area contributed by atoms with Gasteiger partial charge in [0.05, 0.1) is 30.1 Å². The molecule has 2 unspecified atom stereocenters. The molecule has 3 aliphatic heterocycles. The summed E-state index contributed by atoms with van der Waals surface area (Å²) >= 11 is 0. The van der Waals surface area contributed by atoms with Crippen LogP contribution in [0.15, 0.2) is 43.5 Å². The fourth-order valence-corrected chi connectivity index (χ4v) is 7.80. The summed E-state index contributed by atoms with van der Waals surface area (Å²) in [6.07, 6.45) is 5.82. The summed E-state index contributed by atoms with van der Waals surface area (Å²) in [5.74, 6) is -2.31. The molecule has 8 heteroatoms. The number of anilines is 1. The Kier molecular flexibility index (Phi) is 9.38. The van der Waals surface area contributed by atoms with Crippen LogP contribution in [0, 0.1) is 31.6 Å². The van der Waals surface area contributed by atoms with Gasteiger partial charge in [0.15, 0.2) is 0 Å². The molecule has 3 fully saturated rings. The van der Waals surface area contributed by atoms with E-state index in [0.29, 0.717) is 32.4 Å². The summed E-state index contributed by atoms with van der Waals surface area (Å²) in [5.41, 5.74) is 0.691. The molecule has 1 aromatic carbocycles. The van der Waals surface area contributed by atoms with Crippen LogP contribution in [0.2, 0.25) is 0 Å². The van der Waals surface area contributed by atoms with Crippen LogP contribution >= 0.6 is 0 Å². The molecule has 4 rings (SSSR count). The third kappa shape index (κ3) is 4.90. The lowest BCUT2D eigenvalue weighted by Crippen LogP contribution is -2.60. The number of benzene rings is 1. The van der Waals surface area contributed by atoms with Crippen molar-refractivity contribution in [3.63, 3.8) is 0 Å². The van der Waals surface area contributed by atoms with Gasteiger partial charge in [0.2, 0.25) is 11.8 Å². The van der Waals surface area contributed by atoms with Gasteiger partial charge < -0.3 is 24.5 Å². The zero-order valence-electron chi connectivity index (χ0n) is 26.3. The van der Waals surface area contributed by atoms with Gasteiger partial charge >= 0.3 is 0 Å². The highest BCUT2D eigenvalue weighted by Gasteiger charge is 2.79. The van der Waals surface area contributed by atoms with E-state index in [1.165, 1.54) is 0 Å². The number of aliphatic hydroxyl groups is 1. The number of nitrogens with zero attached hydrogens (tertiary/aromatic N) is 3. The minimum absolute atomic E-state index is 0.117. The van der Waals surface area contributed by atoms with Crippen molar-refractivity contribution in [3.05, 3.63) is 54.6 Å². The van der Waals surface area contributed by atoms with Gasteiger partial charge in [-0.25, -0.2) is 0 Å². The Balaban J connectivity index is 1.91. The van der Waals surface area contributed by atoms with Crippen LogP contribution in [0.4, 0.5) is 5.69 Å². The van der Waals surface area contributed by atoms with Gasteiger partial charge in [-0.05, 0) is 62.6 Å². The zero-order valence-corrected chi connectivity index (χ0v) is 26.3. The van der Waals surface area contributed by atoms with Gasteiger partial charge in [-0.3, -0.25) is 14.4 Å². The lowest BCUT2D eigenvalue weighted by Gasteiger charge is -2.41. The highest BCUT2D eigenvalue weighted by atomic mass is 16.5. The third-order valence-corrected chi connectivity index (χ3v) is 9.82. The molecular formula is C34H49N3O5. The van der Waals surface area contributed by atoms with E-state index < -0.39 is 35.1 Å². The van der Waals surface area contributed by atoms with Crippen LogP contribution in [0.3, 0.4) is 0 Å². The maximum Gasteiger partial charge on any atom is 0.253 e. The normalized spacial score (nSPS) is 28.6. The van der Waals surface area contributed by atoms with Crippen LogP contribution < -0.4 is 4.90 Å². The Morgan fingerprint density at radius 2 is 1.83 bits per heavy atom. The largest absolute Gasteiger partial charge is 0.394 e. The molecule has 42 heavy (non-hydrogen) atoms. The molecule has 6 atom stereocenters. The maximum atomic E-state index is 14.9. The van der Waals surface area contributed by atoms with Crippen molar-refractivity contribution >= 4 is 23.4 Å². The molecule has 1 aromatic rings. The van der Waals surface area contributed by atoms with E-state index in [1.807, 2.05) is 59.7 Å². The van der Waals surface area contributed by atoms with Crippen molar-refractivity contribution in [3.8, 4) is 0 Å². The predicted molar refractivity (Wildman–Crippen MR) is 165 cm³/mol. The second-order valence-corrected chi connectivity index (χ2v) is 12.7. The molecule has 1 spiro atoms. The van der Waals surface area contributed by atoms with Gasteiger partial charge in [0.25, 0.3) is 5.91 Å². The number of hydrogen-bond acceptors (Lipinski definition) is 5. The molecule has 8 nitrogen and oxygen atoms in total. The Hall–Kier alpha value is -2.97. The third-order valence-electron chi connectivity index (χ3n) is 9.82. The fraction of sp³-hybridized carbons (Fsp3) is 0.618. The number of ether oxygens (including phenoxy) is 1. The van der Waals surface area contributed by atoms with E-state index in [0.717, 1.165) is 23.2 Å². The first-order valence-corrected chi connectivity index (χ1v) is 15.5. The lowest BCUT2D eigenvalue weighted by atomic mass is 9.64. The summed E-state index contributed by atoms with van der Waals surface area (Å²) in [4.78, 5) is 49.0. The molecule has 0 aromatic heterocycles. The molecule has 3 amide bonds. The van der Waals surface area contributed by atoms with Crippen LogP contribution in [-0.2, 0) is 19.1 Å². The Morgan fingerprint density at radius 1 is 1.14 bits per heavy atom. The van der Waals surface area contributed by atoms with E-state index in [9.17, 15) is 19.5 Å². The highest BCUT2D eigenvalue weighted by Crippen LogP contribution is 2.65. The highest BCUT2D eigenvalue weighted by molar-refractivity contribution is 6.05. The quantitative estimate of drug-likeness (QED) is 0.350. The topological polar surface area (TPSA) is 90.4 Å². The van der Waals surface area contributed by atoms with E-state index in [-0.39, 0.29) is 36.8 Å². The first-order chi connectivity index (χ1) is 20.0. The molecule has 0 saturated carbocycles. The van der Waals surface area contributed by atoms with Gasteiger partial charge in [-0.1, -0.05) is 52.0 Å². The average molecular weight is 580 g/mol. The number of hydrogen-bond donors (Lipinski definition) is 1. The Morgan fingerprint density at radius 3 is 2.40 bits per heavy atom. The number of aliphatic hydroxyl groups excluding tert-OH is 1. The Bertz CT molecular complexity index is 1230. The van der Waals surface area contributed by atoms with E-state index in [4.69, 9.17) is 4.74 Å². The zero-order chi connectivity index (χ0) is 31.0. The SMILES string of the molecule is C=CCN(CCC)C(=O)[C@H]1[C@H]2C(=O)N([C@@H](CO)C(C)C)C(C(=O)N(CC=C)c3cc(C)ccc3C)C23CC[C@]1(CC)O3. The smallest absolute Gasteiger partial charge is 0.253 e. The minimum Gasteiger partial charge on any atom is -0.394 e. The second-order valence-electron chi connectivity index (χ2n) is 12.7. The summed E-state index contributed by atoms with van der Waals surface area (Å²) in [6.45, 7) is 20.5. The maximum absolute atomic E-state index is 14.9. The van der Waals surface area contributed by atoms with Crippen molar-refractivity contribution in [2.24, 2.45) is 17.8 Å². The molecule has 0 radical (unpaired) electrons. The number of amides is 3. The summed E-state index contributed by atoms with van der Waals surface area (Å²) < 4.78 is 7.00. The molecule has 3 saturated heterocycles. The van der Waals surface area contributed by atoms with Crippen molar-refractivity contribution in [2.45, 2.75) is 90.5 Å². The molecule has 0 aliphatic carbocycles. The van der Waals surface area contributed by atoms with Crippen molar-refractivity contribution in [1.29, 1.82) is 0 Å². The van der Waals surface area contributed by atoms with Gasteiger partial charge in [0.1, 0.15) is 11.6 Å². The first kappa shape index (κ1) is 32.0. The number of likely N-dealkylation sites (tertiary alicyclic amines) is 1. The fourth-order valence-electron chi connectivity index (χ4n) is 7.80. The predicted octanol–water partition coefficient (Wildman–Crippen LogP) is 4.42. The second kappa shape index (κ2) is 12.3. The molecule has 2 bridgehead atoms. The molecule has 3 aliphatic rings. The lowest BCUT2D eigenvalue weighted by molar-refractivity contribution is -0.154. The molecular weight excluding hydrogens is 530 g/mol. The number of rotatable bonds is 13. The summed E-state index contributed by atoms with van der Waals surface area (Å²) in [7, 11) is 0. The van der Waals surface area contributed by atoms with Crippen LogP contribution in [0.25, 0.3) is 0 Å². The van der Waals surface area contributed by atoms with Crippen molar-refractivity contribution in [1.82, 2.24) is 9.80 Å². The van der Waals surface area contributed by atoms with E-state index >= 15 is 0 Å². The summed E-state index contributed by atoms with van der Waals surface area (Å²) in [5, 5.41) is 10.6. The van der Waals surface area contributed by atoms with Gasteiger partial charge in [0, 0.05) is 25.3 Å². The average Bonchev–Trinajstić information content (AvgIpc) is 3.56. The number of carbonyl (C=O) groups excluding carboxylic acids is 3. The first-order valence-electron chi connectivity index (χ1n) is 15.5. The molecule has 230 valence electrons. The Labute approximate surface area is 251 Å². The van der Waals surface area contributed by atoms with Crippen LogP contribution in [-0.4, -0.2) is 82.2 Å². The van der Waals surface area contributed by atoms with E-state index in [1.54, 1.807) is 26.9 Å². The van der Waals surface area contributed by atoms with Crippen molar-refractivity contribution < 1.29 is 24.2 Å². The standard InChI is InChI=1S/C34H49N3O5/c1-9-17-35(18-10-2)30(39)27-28-31(40)37(26(21-38)22(5)6)29(34(28)16-15-33(27,12-4)42-34)32(41)36(19-11-3)25-20-23(7)13-14-24(25)8/h9,11,13-14,20,22,26-29,38H,1,3,10,12,15-19,21H2,2,4-8H3/t26-,27+,28-,29?,33-,34?/m0/s1. The van der Waals surface area contributed by atoms with Gasteiger partial charge in [-0.2, -0.15) is 0 Å². The number of carbonyl (C=O) groups is 3. The summed E-state index contributed by atoms with van der Waals surface area (Å²) in [6, 6.07) is 4.37. The monoisotopic (exact) mass is 579 g/mol. The molecule has 3 heterocycles. The minimum atomic E-state index is -1.17.